The second-order valence-electron chi connectivity index (χ2n) is 4.87. The molecule has 0 amide bonds. The molecule has 5 heteroatoms. The van der Waals surface area contributed by atoms with Crippen molar-refractivity contribution in [1.29, 1.82) is 0 Å². The standard InChI is InChI=1S/C9H11Br.C9H12.2CH3.2BrH.2V/c1-7-3-5-9(6-4-7)8(2)10;1-3-9-6-4-8(2)5-7-9;;;;;;/h3-6,8H,1-2H3;4-7H,3H2,1-2H3;2*1H3;2*1H;;/q;;2*-1;;;;/p-2. The average molecular weight is 611 g/mol. The maximum atomic E-state index is 3.51. The molecule has 144 valence electrons. The van der Waals surface area contributed by atoms with Gasteiger partial charge in [0.15, 0.2) is 0 Å². The fourth-order valence-corrected chi connectivity index (χ4v) is 1.96. The molecule has 0 saturated carbocycles. The van der Waals surface area contributed by atoms with E-state index in [4.69, 9.17) is 0 Å². The van der Waals surface area contributed by atoms with Gasteiger partial charge in [0, 0.05) is 41.9 Å². The zero-order chi connectivity index (χ0) is 14.3. The Kier molecular flexibility index (Phi) is 37.6. The van der Waals surface area contributed by atoms with Gasteiger partial charge in [-0.15, -0.1) is 0 Å². The van der Waals surface area contributed by atoms with Crippen LogP contribution in [0.15, 0.2) is 48.5 Å². The van der Waals surface area contributed by atoms with Crippen molar-refractivity contribution in [2.45, 2.75) is 38.9 Å². The number of halogens is 3. The van der Waals surface area contributed by atoms with Crippen LogP contribution >= 0.6 is 15.9 Å². The van der Waals surface area contributed by atoms with Gasteiger partial charge < -0.3 is 48.8 Å². The summed E-state index contributed by atoms with van der Waals surface area (Å²) in [6, 6.07) is 17.2. The van der Waals surface area contributed by atoms with Gasteiger partial charge in [0.2, 0.25) is 0 Å². The summed E-state index contributed by atoms with van der Waals surface area (Å²) in [5, 5.41) is 0. The van der Waals surface area contributed by atoms with Crippen LogP contribution in [0, 0.1) is 28.7 Å². The summed E-state index contributed by atoms with van der Waals surface area (Å²) < 4.78 is 0. The smallest absolute Gasteiger partial charge is 0.0367 e. The summed E-state index contributed by atoms with van der Waals surface area (Å²) in [5.41, 5.74) is 5.41. The molecule has 2 rings (SSSR count). The Labute approximate surface area is 209 Å². The van der Waals surface area contributed by atoms with Crippen LogP contribution in [0.5, 0.6) is 0 Å². The van der Waals surface area contributed by atoms with Crippen molar-refractivity contribution < 1.29 is 71.1 Å². The van der Waals surface area contributed by atoms with Crippen LogP contribution in [0.2, 0.25) is 0 Å². The quantitative estimate of drug-likeness (QED) is 0.351. The monoisotopic (exact) mass is 608 g/mol. The molecule has 0 nitrogen and oxygen atoms in total. The van der Waals surface area contributed by atoms with Crippen LogP contribution in [0.4, 0.5) is 0 Å². The van der Waals surface area contributed by atoms with Gasteiger partial charge >= 0.3 is 0 Å². The van der Waals surface area contributed by atoms with E-state index in [0.29, 0.717) is 4.83 Å². The van der Waals surface area contributed by atoms with Crippen molar-refractivity contribution in [1.82, 2.24) is 0 Å². The number of aryl methyl sites for hydroxylation is 3. The third kappa shape index (κ3) is 18.2. The Hall–Kier alpha value is 1.05. The van der Waals surface area contributed by atoms with Crippen LogP contribution in [0.3, 0.4) is 0 Å². The minimum atomic E-state index is 0. The largest absolute Gasteiger partial charge is 1.00 e. The molecule has 1 unspecified atom stereocenters. The molecular weight excluding hydrogens is 582 g/mol. The van der Waals surface area contributed by atoms with Gasteiger partial charge in [-0.1, -0.05) is 82.5 Å². The van der Waals surface area contributed by atoms with E-state index < -0.39 is 0 Å². The van der Waals surface area contributed by atoms with E-state index in [1.165, 1.54) is 22.3 Å². The summed E-state index contributed by atoms with van der Waals surface area (Å²) in [6.07, 6.45) is 1.14. The molecule has 0 heterocycles. The van der Waals surface area contributed by atoms with Crippen molar-refractivity contribution in [3.05, 3.63) is 85.6 Å². The summed E-state index contributed by atoms with van der Waals surface area (Å²) in [7, 11) is 0. The van der Waals surface area contributed by atoms with E-state index in [1.807, 2.05) is 0 Å². The Balaban J connectivity index is -0.0000000584. The number of rotatable bonds is 2. The predicted molar refractivity (Wildman–Crippen MR) is 102 cm³/mol. The molecule has 0 aliphatic rings. The topological polar surface area (TPSA) is 0 Å². The van der Waals surface area contributed by atoms with E-state index >= 15 is 0 Å². The molecule has 2 aromatic rings. The van der Waals surface area contributed by atoms with E-state index in [9.17, 15) is 0 Å². The SMILES string of the molecule is CCc1ccc(C)cc1.Cc1ccc(C(C)Br)cc1.[Br-].[Br-].[CH3-].[CH3-].[V].[V]. The first-order valence-corrected chi connectivity index (χ1v) is 7.70. The molecule has 0 N–H and O–H groups in total. The van der Waals surface area contributed by atoms with E-state index in [-0.39, 0.29) is 85.9 Å². The van der Waals surface area contributed by atoms with Crippen molar-refractivity contribution in [3.8, 4) is 0 Å². The third-order valence-electron chi connectivity index (χ3n) is 3.07. The van der Waals surface area contributed by atoms with Crippen molar-refractivity contribution in [3.63, 3.8) is 0 Å². The molecule has 0 saturated heterocycles. The second-order valence-corrected chi connectivity index (χ2v) is 6.24. The zero-order valence-corrected chi connectivity index (χ0v) is 23.5. The van der Waals surface area contributed by atoms with Gasteiger partial charge in [-0.3, -0.25) is 0 Å². The molecule has 0 spiro atoms. The maximum Gasteiger partial charge on any atom is 0.0367 e. The third-order valence-corrected chi connectivity index (χ3v) is 3.59. The summed E-state index contributed by atoms with van der Waals surface area (Å²) in [6.45, 7) is 8.51. The molecular formula is C20H29Br3V2-4. The van der Waals surface area contributed by atoms with Crippen LogP contribution in [-0.4, -0.2) is 0 Å². The molecule has 0 aliphatic heterocycles. The number of benzene rings is 2. The summed E-state index contributed by atoms with van der Waals surface area (Å²) >= 11 is 3.51. The van der Waals surface area contributed by atoms with Crippen molar-refractivity contribution in [2.75, 3.05) is 0 Å². The Morgan fingerprint density at radius 1 is 0.760 bits per heavy atom. The Morgan fingerprint density at radius 3 is 1.36 bits per heavy atom. The van der Waals surface area contributed by atoms with Crippen molar-refractivity contribution >= 4 is 15.9 Å². The van der Waals surface area contributed by atoms with Gasteiger partial charge in [-0.2, -0.15) is 0 Å². The van der Waals surface area contributed by atoms with Gasteiger partial charge in [-0.25, -0.2) is 0 Å². The first kappa shape index (κ1) is 40.7. The molecule has 0 bridgehead atoms. The molecule has 2 radical (unpaired) electrons. The van der Waals surface area contributed by atoms with Gasteiger partial charge in [-0.05, 0) is 38.3 Å². The van der Waals surface area contributed by atoms with Gasteiger partial charge in [0.25, 0.3) is 0 Å². The molecule has 25 heavy (non-hydrogen) atoms. The predicted octanol–water partition coefficient (Wildman–Crippen LogP) is 0.912. The fourth-order valence-electron chi connectivity index (χ4n) is 1.66. The van der Waals surface area contributed by atoms with E-state index in [1.54, 1.807) is 0 Å². The normalized spacial score (nSPS) is 8.68. The Morgan fingerprint density at radius 2 is 1.08 bits per heavy atom. The van der Waals surface area contributed by atoms with Crippen molar-refractivity contribution in [2.24, 2.45) is 0 Å². The average Bonchev–Trinajstić information content (AvgIpc) is 2.41. The van der Waals surface area contributed by atoms with E-state index in [2.05, 4.69) is 92.2 Å². The molecule has 0 aliphatic carbocycles. The molecule has 0 fully saturated rings. The summed E-state index contributed by atoms with van der Waals surface area (Å²) in [4.78, 5) is 0.466. The van der Waals surface area contributed by atoms with Crippen LogP contribution < -0.4 is 34.0 Å². The van der Waals surface area contributed by atoms with E-state index in [0.717, 1.165) is 6.42 Å². The zero-order valence-electron chi connectivity index (χ0n) is 15.9. The number of hydrogen-bond donors (Lipinski definition) is 0. The van der Waals surface area contributed by atoms with Crippen LogP contribution in [0.1, 0.15) is 40.9 Å². The molecule has 0 aromatic heterocycles. The van der Waals surface area contributed by atoms with Crippen LogP contribution in [0.25, 0.3) is 0 Å². The van der Waals surface area contributed by atoms with Gasteiger partial charge in [0.1, 0.15) is 0 Å². The summed E-state index contributed by atoms with van der Waals surface area (Å²) in [5.74, 6) is 0. The minimum Gasteiger partial charge on any atom is -1.00 e. The van der Waals surface area contributed by atoms with Gasteiger partial charge in [0.05, 0.1) is 0 Å². The molecule has 2 aromatic carbocycles. The van der Waals surface area contributed by atoms with Crippen LogP contribution in [-0.2, 0) is 43.5 Å². The second kappa shape index (κ2) is 23.1. The first-order valence-electron chi connectivity index (χ1n) is 6.79. The minimum absolute atomic E-state index is 0. The maximum absolute atomic E-state index is 3.51. The fraction of sp³-hybridized carbons (Fsp3) is 0.300. The number of alkyl halides is 1. The Bertz CT molecular complexity index is 483. The molecule has 1 atom stereocenters. The first-order chi connectivity index (χ1) is 9.02. The number of hydrogen-bond acceptors (Lipinski definition) is 0.